The van der Waals surface area contributed by atoms with Gasteiger partial charge in [-0.3, -0.25) is 0 Å². The zero-order chi connectivity index (χ0) is 41.5. The number of benzene rings is 8. The first-order valence-electron chi connectivity index (χ1n) is 22.5. The van der Waals surface area contributed by atoms with Crippen molar-refractivity contribution >= 4 is 49.3 Å². The molecule has 2 heterocycles. The van der Waals surface area contributed by atoms with Gasteiger partial charge in [-0.1, -0.05) is 164 Å². The van der Waals surface area contributed by atoms with E-state index in [-0.39, 0.29) is 0 Å². The maximum atomic E-state index is 2.56. The minimum Gasteiger partial charge on any atom is -0.313 e. The Balaban J connectivity index is 1.09. The van der Waals surface area contributed by atoms with Crippen molar-refractivity contribution in [1.82, 2.24) is 9.13 Å². The normalized spacial score (nSPS) is 15.4. The Bertz CT molecular complexity index is 3560. The fourth-order valence-corrected chi connectivity index (χ4v) is 11.5. The van der Waals surface area contributed by atoms with Crippen LogP contribution in [0.4, 0.5) is 0 Å². The predicted molar refractivity (Wildman–Crippen MR) is 265 cm³/mol. The van der Waals surface area contributed by atoms with Crippen LogP contribution in [0.5, 0.6) is 0 Å². The summed E-state index contributed by atoms with van der Waals surface area (Å²) in [7, 11) is 0. The molecule has 10 aromatic rings. The standard InChI is InChI=1S/C61H44N2/c1-4-17-41(18-5-1)42-31-35-47(36-32-42)62-57-37-33-43(48-26-16-30-59-60(48)51-25-12-15-29-56(51)63(59)46-21-8-3-9-22-46)39-52(57)53-40-45(34-38-58(53)62)61(44-19-6-2-7-20-44)54-27-13-10-23-49(54)50-24-11-14-28-55(50)61/h1-4,6-17,19-31,33-35,37-40H,5,18,32,36H2. The Morgan fingerprint density at radius 2 is 1.03 bits per heavy atom. The number of hydrogen-bond acceptors (Lipinski definition) is 0. The van der Waals surface area contributed by atoms with E-state index in [2.05, 4.69) is 228 Å². The highest BCUT2D eigenvalue weighted by Crippen LogP contribution is 2.56. The second-order valence-electron chi connectivity index (χ2n) is 17.4. The highest BCUT2D eigenvalue weighted by molar-refractivity contribution is 6.17. The van der Waals surface area contributed by atoms with Crippen molar-refractivity contribution in [2.24, 2.45) is 0 Å². The van der Waals surface area contributed by atoms with Crippen molar-refractivity contribution in [3.05, 3.63) is 252 Å². The van der Waals surface area contributed by atoms with Gasteiger partial charge in [-0.2, -0.15) is 0 Å². The van der Waals surface area contributed by atoms with Gasteiger partial charge in [-0.25, -0.2) is 0 Å². The molecule has 3 aliphatic rings. The SMILES string of the molecule is C1=CCCC(C2=CC=C(n3c4ccc(-c5cccc6c5c5ccccc5n6-c5ccccc5)cc4c4cc(C5(c6ccccc6)c6ccccc6-c6ccccc65)ccc43)CC2)=C1. The lowest BCUT2D eigenvalue weighted by molar-refractivity contribution is 0.770. The number of rotatable bonds is 6. The van der Waals surface area contributed by atoms with Crippen molar-refractivity contribution in [2.75, 3.05) is 0 Å². The van der Waals surface area contributed by atoms with Crippen molar-refractivity contribution in [3.63, 3.8) is 0 Å². The highest BCUT2D eigenvalue weighted by atomic mass is 15.0. The van der Waals surface area contributed by atoms with E-state index in [1.54, 1.807) is 0 Å². The first-order chi connectivity index (χ1) is 31.3. The zero-order valence-corrected chi connectivity index (χ0v) is 35.0. The summed E-state index contributed by atoms with van der Waals surface area (Å²) < 4.78 is 4.98. The van der Waals surface area contributed by atoms with Gasteiger partial charge in [-0.05, 0) is 136 Å². The first kappa shape index (κ1) is 36.0. The van der Waals surface area contributed by atoms with E-state index in [4.69, 9.17) is 0 Å². The van der Waals surface area contributed by atoms with Crippen LogP contribution in [0.15, 0.2) is 230 Å². The third-order valence-corrected chi connectivity index (χ3v) is 14.2. The molecule has 8 aromatic carbocycles. The molecule has 2 aromatic heterocycles. The summed E-state index contributed by atoms with van der Waals surface area (Å²) in [6, 6.07) is 70.4. The number of fused-ring (bicyclic) bond motifs is 9. The molecule has 0 aliphatic heterocycles. The molecule has 0 radical (unpaired) electrons. The molecule has 0 N–H and O–H groups in total. The van der Waals surface area contributed by atoms with Crippen molar-refractivity contribution in [1.29, 1.82) is 0 Å². The van der Waals surface area contributed by atoms with E-state index >= 15 is 0 Å². The molecule has 3 aliphatic carbocycles. The summed E-state index contributed by atoms with van der Waals surface area (Å²) in [5, 5.41) is 5.09. The molecule has 0 unspecified atom stereocenters. The highest BCUT2D eigenvalue weighted by Gasteiger charge is 2.46. The summed E-state index contributed by atoms with van der Waals surface area (Å²) in [5.74, 6) is 0. The molecule has 0 saturated heterocycles. The van der Waals surface area contributed by atoms with Gasteiger partial charge < -0.3 is 9.13 Å². The average molecular weight is 805 g/mol. The van der Waals surface area contributed by atoms with Crippen LogP contribution in [0.25, 0.3) is 77.2 Å². The molecular formula is C61H44N2. The van der Waals surface area contributed by atoms with Crippen LogP contribution in [0.2, 0.25) is 0 Å². The molecule has 63 heavy (non-hydrogen) atoms. The molecule has 0 bridgehead atoms. The van der Waals surface area contributed by atoms with Crippen LogP contribution in [0, 0.1) is 0 Å². The molecular weight excluding hydrogens is 761 g/mol. The van der Waals surface area contributed by atoms with Crippen LogP contribution in [0.3, 0.4) is 0 Å². The Labute approximate surface area is 367 Å². The molecule has 0 amide bonds. The second-order valence-corrected chi connectivity index (χ2v) is 17.4. The van der Waals surface area contributed by atoms with E-state index in [0.717, 1.165) is 25.7 Å². The second kappa shape index (κ2) is 14.2. The lowest BCUT2D eigenvalue weighted by Gasteiger charge is -2.34. The van der Waals surface area contributed by atoms with Gasteiger partial charge >= 0.3 is 0 Å². The first-order valence-corrected chi connectivity index (χ1v) is 22.5. The number of hydrogen-bond donors (Lipinski definition) is 0. The average Bonchev–Trinajstić information content (AvgIpc) is 3.99. The predicted octanol–water partition coefficient (Wildman–Crippen LogP) is 15.8. The fraction of sp³-hybridized carbons (Fsp3) is 0.0820. The summed E-state index contributed by atoms with van der Waals surface area (Å²) in [5.41, 5.74) is 20.2. The van der Waals surface area contributed by atoms with Crippen molar-refractivity contribution in [2.45, 2.75) is 31.1 Å². The number of nitrogens with zero attached hydrogens (tertiary/aromatic N) is 2. The number of para-hydroxylation sites is 2. The monoisotopic (exact) mass is 804 g/mol. The molecule has 2 nitrogen and oxygen atoms in total. The van der Waals surface area contributed by atoms with Gasteiger partial charge in [0.05, 0.1) is 27.5 Å². The molecule has 0 spiro atoms. The summed E-state index contributed by atoms with van der Waals surface area (Å²) in [6.07, 6.45) is 15.9. The Kier molecular flexibility index (Phi) is 8.11. The summed E-state index contributed by atoms with van der Waals surface area (Å²) >= 11 is 0. The van der Waals surface area contributed by atoms with Crippen molar-refractivity contribution < 1.29 is 0 Å². The topological polar surface area (TPSA) is 9.86 Å². The number of allylic oxidation sites excluding steroid dienone is 8. The molecule has 2 heteroatoms. The van der Waals surface area contributed by atoms with Crippen LogP contribution in [-0.4, -0.2) is 9.13 Å². The van der Waals surface area contributed by atoms with Gasteiger partial charge in [0.15, 0.2) is 0 Å². The minimum absolute atomic E-state index is 0.483. The molecule has 13 rings (SSSR count). The van der Waals surface area contributed by atoms with Gasteiger partial charge in [0.1, 0.15) is 0 Å². The smallest absolute Gasteiger partial charge is 0.0713 e. The quantitative estimate of drug-likeness (QED) is 0.158. The summed E-state index contributed by atoms with van der Waals surface area (Å²) in [4.78, 5) is 0. The fourth-order valence-electron chi connectivity index (χ4n) is 11.5. The van der Waals surface area contributed by atoms with Gasteiger partial charge in [0, 0.05) is 32.9 Å². The van der Waals surface area contributed by atoms with E-state index in [0.29, 0.717) is 0 Å². The van der Waals surface area contributed by atoms with Crippen LogP contribution in [0.1, 0.15) is 47.9 Å². The molecule has 0 atom stereocenters. The third-order valence-electron chi connectivity index (χ3n) is 14.2. The Morgan fingerprint density at radius 3 is 1.78 bits per heavy atom. The lowest BCUT2D eigenvalue weighted by Crippen LogP contribution is -2.28. The third kappa shape index (κ3) is 5.31. The summed E-state index contributed by atoms with van der Waals surface area (Å²) in [6.45, 7) is 0. The molecule has 298 valence electrons. The Morgan fingerprint density at radius 1 is 0.397 bits per heavy atom. The van der Waals surface area contributed by atoms with E-state index < -0.39 is 5.41 Å². The van der Waals surface area contributed by atoms with E-state index in [1.807, 2.05) is 0 Å². The number of aromatic nitrogens is 2. The molecule has 0 fully saturated rings. The lowest BCUT2D eigenvalue weighted by atomic mass is 9.67. The van der Waals surface area contributed by atoms with Gasteiger partial charge in [-0.15, -0.1) is 0 Å². The van der Waals surface area contributed by atoms with E-state index in [9.17, 15) is 0 Å². The van der Waals surface area contributed by atoms with Crippen LogP contribution >= 0.6 is 0 Å². The van der Waals surface area contributed by atoms with Gasteiger partial charge in [0.2, 0.25) is 0 Å². The maximum absolute atomic E-state index is 2.56. The zero-order valence-electron chi connectivity index (χ0n) is 35.0. The minimum atomic E-state index is -0.483. The largest absolute Gasteiger partial charge is 0.313 e. The van der Waals surface area contributed by atoms with Crippen LogP contribution < -0.4 is 0 Å². The van der Waals surface area contributed by atoms with Crippen LogP contribution in [-0.2, 0) is 5.41 Å². The Hall–Kier alpha value is -7.68. The van der Waals surface area contributed by atoms with Crippen molar-refractivity contribution in [3.8, 4) is 27.9 Å². The van der Waals surface area contributed by atoms with E-state index in [1.165, 1.54) is 111 Å². The molecule has 0 saturated carbocycles. The maximum Gasteiger partial charge on any atom is 0.0713 e. The van der Waals surface area contributed by atoms with Gasteiger partial charge in [0.25, 0.3) is 0 Å².